The predicted molar refractivity (Wildman–Crippen MR) is 130 cm³/mol. The molecule has 1 rings (SSSR count). The molecule has 0 saturated carbocycles. The van der Waals surface area contributed by atoms with Crippen LogP contribution in [0.25, 0.3) is 0 Å². The van der Waals surface area contributed by atoms with Crippen LogP contribution in [0.3, 0.4) is 0 Å². The predicted octanol–water partition coefficient (Wildman–Crippen LogP) is 7.31. The first-order valence-electron chi connectivity index (χ1n) is 12.7. The summed E-state index contributed by atoms with van der Waals surface area (Å²) in [5, 5.41) is 8.57. The highest BCUT2D eigenvalue weighted by Crippen LogP contribution is 2.18. The normalized spacial score (nSPS) is 11.2. The standard InChI is InChI=1S/C27H42O6/c1-2-3-4-5-6-7-8-9-10-11-12-13-14-15-16-17-18-32-27-19-23(22-33-27)25(29)20-24(28)21-26(30)31/h9-10,19,22H,2-8,11-18,20-21H2,1H3,(H,30,31). The van der Waals surface area contributed by atoms with Crippen molar-refractivity contribution in [3.63, 3.8) is 0 Å². The van der Waals surface area contributed by atoms with Crippen molar-refractivity contribution in [3.05, 3.63) is 30.0 Å². The molecule has 0 fully saturated rings. The van der Waals surface area contributed by atoms with Gasteiger partial charge in [-0.25, -0.2) is 0 Å². The number of Topliss-reactive ketones (excluding diaryl/α,β-unsaturated/α-hetero) is 2. The van der Waals surface area contributed by atoms with Crippen LogP contribution in [0.15, 0.2) is 28.9 Å². The molecule has 0 amide bonds. The van der Waals surface area contributed by atoms with Gasteiger partial charge in [0, 0.05) is 6.07 Å². The van der Waals surface area contributed by atoms with Gasteiger partial charge in [0.1, 0.15) is 12.7 Å². The maximum atomic E-state index is 11.9. The molecule has 6 heteroatoms. The summed E-state index contributed by atoms with van der Waals surface area (Å²) in [5.41, 5.74) is 0.227. The molecule has 1 aromatic rings. The van der Waals surface area contributed by atoms with E-state index in [2.05, 4.69) is 19.1 Å². The van der Waals surface area contributed by atoms with E-state index in [0.717, 1.165) is 12.8 Å². The number of carbonyl (C=O) groups is 3. The summed E-state index contributed by atoms with van der Waals surface area (Å²) >= 11 is 0. The molecular weight excluding hydrogens is 420 g/mol. The topological polar surface area (TPSA) is 93.8 Å². The Morgan fingerprint density at radius 1 is 0.848 bits per heavy atom. The van der Waals surface area contributed by atoms with E-state index in [1.54, 1.807) is 0 Å². The van der Waals surface area contributed by atoms with Crippen LogP contribution in [0.1, 0.15) is 120 Å². The van der Waals surface area contributed by atoms with Gasteiger partial charge in [-0.05, 0) is 32.1 Å². The van der Waals surface area contributed by atoms with Crippen LogP contribution in [0, 0.1) is 0 Å². The lowest BCUT2D eigenvalue weighted by Crippen LogP contribution is -2.11. The fourth-order valence-corrected chi connectivity index (χ4v) is 3.57. The van der Waals surface area contributed by atoms with Crippen molar-refractivity contribution >= 4 is 17.5 Å². The zero-order valence-corrected chi connectivity index (χ0v) is 20.3. The molecule has 1 N–H and O–H groups in total. The van der Waals surface area contributed by atoms with E-state index in [1.165, 1.54) is 89.4 Å². The van der Waals surface area contributed by atoms with E-state index >= 15 is 0 Å². The monoisotopic (exact) mass is 462 g/mol. The van der Waals surface area contributed by atoms with E-state index < -0.39 is 30.4 Å². The summed E-state index contributed by atoms with van der Waals surface area (Å²) in [6, 6.07) is 1.45. The Kier molecular flexibility index (Phi) is 16.6. The van der Waals surface area contributed by atoms with Gasteiger partial charge in [0.2, 0.25) is 0 Å². The Hall–Kier alpha value is -2.37. The number of ketones is 2. The quantitative estimate of drug-likeness (QED) is 0.0840. The lowest BCUT2D eigenvalue weighted by molar-refractivity contribution is -0.139. The fourth-order valence-electron chi connectivity index (χ4n) is 3.57. The van der Waals surface area contributed by atoms with Gasteiger partial charge in [-0.2, -0.15) is 0 Å². The van der Waals surface area contributed by atoms with Gasteiger partial charge in [-0.3, -0.25) is 14.4 Å². The number of furan rings is 1. The van der Waals surface area contributed by atoms with Crippen molar-refractivity contribution < 1.29 is 28.6 Å². The summed E-state index contributed by atoms with van der Waals surface area (Å²) in [7, 11) is 0. The van der Waals surface area contributed by atoms with E-state index in [0.29, 0.717) is 6.61 Å². The summed E-state index contributed by atoms with van der Waals surface area (Å²) in [4.78, 5) is 33.9. The highest BCUT2D eigenvalue weighted by molar-refractivity contribution is 6.11. The molecule has 0 radical (unpaired) electrons. The lowest BCUT2D eigenvalue weighted by Gasteiger charge is -2.03. The molecule has 1 aromatic heterocycles. The molecule has 0 aliphatic rings. The van der Waals surface area contributed by atoms with Crippen LogP contribution in [-0.4, -0.2) is 29.2 Å². The van der Waals surface area contributed by atoms with Crippen LogP contribution in [0.2, 0.25) is 0 Å². The number of rotatable bonds is 22. The SMILES string of the molecule is CCCCCCCCC=CCCCCCCCCOc1cc(C(=O)CC(=O)CC(=O)O)co1. The van der Waals surface area contributed by atoms with Crippen LogP contribution < -0.4 is 4.74 Å². The number of carbonyl (C=O) groups excluding carboxylic acids is 2. The summed E-state index contributed by atoms with van der Waals surface area (Å²) < 4.78 is 10.7. The average molecular weight is 463 g/mol. The van der Waals surface area contributed by atoms with Crippen LogP contribution in [-0.2, 0) is 9.59 Å². The summed E-state index contributed by atoms with van der Waals surface area (Å²) in [5.74, 6) is -2.08. The lowest BCUT2D eigenvalue weighted by atomic mass is 10.1. The Morgan fingerprint density at radius 2 is 1.42 bits per heavy atom. The largest absolute Gasteiger partial charge is 0.481 e. The van der Waals surface area contributed by atoms with E-state index in [-0.39, 0.29) is 11.5 Å². The number of hydrogen-bond donors (Lipinski definition) is 1. The number of unbranched alkanes of at least 4 members (excludes halogenated alkanes) is 12. The molecule has 6 nitrogen and oxygen atoms in total. The number of allylic oxidation sites excluding steroid dienone is 2. The molecule has 0 aromatic carbocycles. The molecule has 0 aliphatic heterocycles. The smallest absolute Gasteiger partial charge is 0.310 e. The number of carboxylic acids is 1. The van der Waals surface area contributed by atoms with Gasteiger partial charge in [0.15, 0.2) is 11.6 Å². The van der Waals surface area contributed by atoms with Crippen LogP contribution >= 0.6 is 0 Å². The second-order valence-electron chi connectivity index (χ2n) is 8.65. The van der Waals surface area contributed by atoms with Gasteiger partial charge in [0.05, 0.1) is 18.6 Å². The second-order valence-corrected chi connectivity index (χ2v) is 8.65. The minimum absolute atomic E-state index is 0.227. The minimum Gasteiger partial charge on any atom is -0.481 e. The molecule has 186 valence electrons. The van der Waals surface area contributed by atoms with Crippen molar-refractivity contribution in [2.75, 3.05) is 6.61 Å². The molecule has 0 saturated heterocycles. The molecule has 0 aliphatic carbocycles. The van der Waals surface area contributed by atoms with Gasteiger partial charge < -0.3 is 14.3 Å². The van der Waals surface area contributed by atoms with Gasteiger partial charge in [-0.1, -0.05) is 76.9 Å². The van der Waals surface area contributed by atoms with Crippen LogP contribution in [0.5, 0.6) is 5.95 Å². The maximum absolute atomic E-state index is 11.9. The molecule has 1 heterocycles. The molecule has 33 heavy (non-hydrogen) atoms. The van der Waals surface area contributed by atoms with E-state index in [4.69, 9.17) is 14.3 Å². The number of carboxylic acid groups (broad SMARTS) is 1. The molecule has 0 bridgehead atoms. The highest BCUT2D eigenvalue weighted by Gasteiger charge is 2.17. The van der Waals surface area contributed by atoms with Crippen LogP contribution in [0.4, 0.5) is 0 Å². The fraction of sp³-hybridized carbons (Fsp3) is 0.667. The first kappa shape index (κ1) is 28.7. The van der Waals surface area contributed by atoms with E-state index in [1.807, 2.05) is 0 Å². The van der Waals surface area contributed by atoms with Crippen molar-refractivity contribution in [2.45, 2.75) is 110 Å². The number of ether oxygens (including phenoxy) is 1. The van der Waals surface area contributed by atoms with Gasteiger partial charge in [-0.15, -0.1) is 0 Å². The third-order valence-electron chi connectivity index (χ3n) is 5.50. The Balaban J connectivity index is 1.96. The molecule has 0 unspecified atom stereocenters. The van der Waals surface area contributed by atoms with Crippen molar-refractivity contribution in [2.24, 2.45) is 0 Å². The molecule has 0 spiro atoms. The van der Waals surface area contributed by atoms with E-state index in [9.17, 15) is 14.4 Å². The zero-order valence-electron chi connectivity index (χ0n) is 20.3. The van der Waals surface area contributed by atoms with Crippen molar-refractivity contribution in [3.8, 4) is 5.95 Å². The Labute approximate surface area is 198 Å². The number of aliphatic carboxylic acids is 1. The maximum Gasteiger partial charge on any atom is 0.310 e. The van der Waals surface area contributed by atoms with Crippen molar-refractivity contribution in [1.29, 1.82) is 0 Å². The van der Waals surface area contributed by atoms with Gasteiger partial charge >= 0.3 is 5.97 Å². The third-order valence-corrected chi connectivity index (χ3v) is 5.50. The highest BCUT2D eigenvalue weighted by atomic mass is 16.6. The Bertz CT molecular complexity index is 703. The summed E-state index contributed by atoms with van der Waals surface area (Å²) in [6.07, 6.45) is 22.3. The zero-order chi connectivity index (χ0) is 24.2. The first-order chi connectivity index (χ1) is 16.0. The number of hydrogen-bond acceptors (Lipinski definition) is 5. The third kappa shape index (κ3) is 16.0. The summed E-state index contributed by atoms with van der Waals surface area (Å²) in [6.45, 7) is 2.77. The minimum atomic E-state index is -1.24. The first-order valence-corrected chi connectivity index (χ1v) is 12.7. The second kappa shape index (κ2) is 19.1. The molecular formula is C27H42O6. The Morgan fingerprint density at radius 3 is 2.03 bits per heavy atom. The molecule has 0 atom stereocenters. The average Bonchev–Trinajstić information content (AvgIpc) is 3.24. The van der Waals surface area contributed by atoms with Crippen molar-refractivity contribution in [1.82, 2.24) is 0 Å². The van der Waals surface area contributed by atoms with Gasteiger partial charge in [0.25, 0.3) is 5.95 Å².